The van der Waals surface area contributed by atoms with Crippen LogP contribution in [0.2, 0.25) is 5.02 Å². The summed E-state index contributed by atoms with van der Waals surface area (Å²) in [5.74, 6) is 1.30. The van der Waals surface area contributed by atoms with Crippen molar-refractivity contribution in [3.05, 3.63) is 46.6 Å². The first-order valence-corrected chi connectivity index (χ1v) is 6.84. The lowest BCUT2D eigenvalue weighted by molar-refractivity contribution is 0.166. The molecule has 5 nitrogen and oxygen atoms in total. The van der Waals surface area contributed by atoms with Gasteiger partial charge in [0, 0.05) is 25.1 Å². The first-order valence-electron chi connectivity index (χ1n) is 6.46. The van der Waals surface area contributed by atoms with Crippen LogP contribution in [0.4, 0.5) is 0 Å². The molecular formula is C14H18ClN3O2. The predicted molar refractivity (Wildman–Crippen MR) is 76.8 cm³/mol. The zero-order valence-corrected chi connectivity index (χ0v) is 12.4. The third-order valence-electron chi connectivity index (χ3n) is 2.90. The van der Waals surface area contributed by atoms with E-state index >= 15 is 0 Å². The quantitative estimate of drug-likeness (QED) is 0.850. The lowest BCUT2D eigenvalue weighted by Gasteiger charge is -2.18. The van der Waals surface area contributed by atoms with Crippen molar-refractivity contribution < 1.29 is 9.26 Å². The Balaban J connectivity index is 1.90. The zero-order valence-electron chi connectivity index (χ0n) is 11.6. The van der Waals surface area contributed by atoms with Gasteiger partial charge in [-0.2, -0.15) is 4.98 Å². The summed E-state index contributed by atoms with van der Waals surface area (Å²) < 4.78 is 10.3. The molecule has 2 rings (SSSR count). The van der Waals surface area contributed by atoms with Gasteiger partial charge in [0.1, 0.15) is 0 Å². The fourth-order valence-electron chi connectivity index (χ4n) is 1.93. The van der Waals surface area contributed by atoms with E-state index in [1.807, 2.05) is 31.2 Å². The van der Waals surface area contributed by atoms with Crippen molar-refractivity contribution in [3.63, 3.8) is 0 Å². The first kappa shape index (κ1) is 15.0. The van der Waals surface area contributed by atoms with E-state index < -0.39 is 0 Å². The minimum absolute atomic E-state index is 0.112. The number of hydrogen-bond acceptors (Lipinski definition) is 5. The van der Waals surface area contributed by atoms with E-state index in [0.29, 0.717) is 24.7 Å². The molecule has 2 aromatic rings. The van der Waals surface area contributed by atoms with Crippen molar-refractivity contribution >= 4 is 11.6 Å². The maximum absolute atomic E-state index is 5.90. The van der Waals surface area contributed by atoms with Crippen molar-refractivity contribution in [1.82, 2.24) is 15.5 Å². The highest BCUT2D eigenvalue weighted by Crippen LogP contribution is 2.16. The fourth-order valence-corrected chi connectivity index (χ4v) is 2.06. The van der Waals surface area contributed by atoms with Gasteiger partial charge in [0.2, 0.25) is 5.89 Å². The molecule has 108 valence electrons. The third-order valence-corrected chi connectivity index (χ3v) is 3.16. The number of benzene rings is 1. The van der Waals surface area contributed by atoms with Crippen LogP contribution in [0, 0.1) is 6.92 Å². The molecule has 6 heteroatoms. The molecule has 20 heavy (non-hydrogen) atoms. The Morgan fingerprint density at radius 3 is 2.70 bits per heavy atom. The Morgan fingerprint density at radius 2 is 2.10 bits per heavy atom. The van der Waals surface area contributed by atoms with Gasteiger partial charge in [-0.1, -0.05) is 28.9 Å². The summed E-state index contributed by atoms with van der Waals surface area (Å²) in [6.45, 7) is 3.13. The lowest BCUT2D eigenvalue weighted by atomic mass is 10.1. The van der Waals surface area contributed by atoms with Gasteiger partial charge in [-0.15, -0.1) is 0 Å². The number of ether oxygens (including phenoxy) is 1. The summed E-state index contributed by atoms with van der Waals surface area (Å²) in [7, 11) is 1.69. The average molecular weight is 296 g/mol. The Labute approximate surface area is 123 Å². The minimum atomic E-state index is 0.112. The summed E-state index contributed by atoms with van der Waals surface area (Å²) in [5, 5.41) is 7.91. The van der Waals surface area contributed by atoms with Gasteiger partial charge >= 0.3 is 0 Å². The van der Waals surface area contributed by atoms with Gasteiger partial charge in [-0.05, 0) is 24.6 Å². The summed E-state index contributed by atoms with van der Waals surface area (Å²) in [6.07, 6.45) is 0.689. The van der Waals surface area contributed by atoms with E-state index in [0.717, 1.165) is 17.1 Å². The molecular weight excluding hydrogens is 278 g/mol. The number of nitrogens with zero attached hydrogens (tertiary/aromatic N) is 2. The van der Waals surface area contributed by atoms with Gasteiger partial charge in [-0.25, -0.2) is 0 Å². The van der Waals surface area contributed by atoms with E-state index in [2.05, 4.69) is 15.5 Å². The monoisotopic (exact) mass is 295 g/mol. The van der Waals surface area contributed by atoms with E-state index in [1.54, 1.807) is 7.11 Å². The number of aryl methyl sites for hydroxylation is 1. The molecule has 0 bridgehead atoms. The molecule has 0 aliphatic heterocycles. The van der Waals surface area contributed by atoms with Gasteiger partial charge < -0.3 is 14.6 Å². The summed E-state index contributed by atoms with van der Waals surface area (Å²) in [6, 6.07) is 7.86. The second kappa shape index (κ2) is 7.38. The van der Waals surface area contributed by atoms with Gasteiger partial charge in [0.05, 0.1) is 12.6 Å². The summed E-state index contributed by atoms with van der Waals surface area (Å²) in [4.78, 5) is 4.17. The largest absolute Gasteiger partial charge is 0.383 e. The van der Waals surface area contributed by atoms with Crippen LogP contribution in [0.5, 0.6) is 0 Å². The van der Waals surface area contributed by atoms with Crippen LogP contribution in [-0.4, -0.2) is 30.4 Å². The van der Waals surface area contributed by atoms with Gasteiger partial charge in [-0.3, -0.25) is 0 Å². The molecule has 0 fully saturated rings. The molecule has 1 aromatic heterocycles. The lowest BCUT2D eigenvalue weighted by Crippen LogP contribution is -2.27. The number of rotatable bonds is 7. The fraction of sp³-hybridized carbons (Fsp3) is 0.429. The molecule has 0 aliphatic rings. The number of hydrogen-bond donors (Lipinski definition) is 1. The van der Waals surface area contributed by atoms with Crippen LogP contribution in [0.15, 0.2) is 28.8 Å². The van der Waals surface area contributed by atoms with Gasteiger partial charge in [0.25, 0.3) is 0 Å². The molecule has 0 saturated heterocycles. The third kappa shape index (κ3) is 4.30. The summed E-state index contributed by atoms with van der Waals surface area (Å²) >= 11 is 5.90. The Morgan fingerprint density at radius 1 is 1.35 bits per heavy atom. The van der Waals surface area contributed by atoms with Crippen molar-refractivity contribution in [2.75, 3.05) is 20.3 Å². The van der Waals surface area contributed by atoms with E-state index in [1.165, 1.54) is 0 Å². The van der Waals surface area contributed by atoms with Gasteiger partial charge in [0.15, 0.2) is 5.82 Å². The molecule has 1 aromatic carbocycles. The van der Waals surface area contributed by atoms with Crippen LogP contribution >= 0.6 is 11.6 Å². The Hall–Kier alpha value is -1.43. The Bertz CT molecular complexity index is 527. The normalized spacial score (nSPS) is 12.6. The molecule has 0 unspecified atom stereocenters. The van der Waals surface area contributed by atoms with Crippen LogP contribution in [-0.2, 0) is 11.2 Å². The average Bonchev–Trinajstić information content (AvgIpc) is 2.84. The van der Waals surface area contributed by atoms with Crippen molar-refractivity contribution in [3.8, 4) is 0 Å². The Kier molecular flexibility index (Phi) is 5.52. The van der Waals surface area contributed by atoms with Crippen molar-refractivity contribution in [1.29, 1.82) is 0 Å². The van der Waals surface area contributed by atoms with E-state index in [4.69, 9.17) is 20.9 Å². The number of nitrogens with one attached hydrogen (secondary N) is 1. The first-order chi connectivity index (χ1) is 9.69. The molecule has 0 saturated carbocycles. The van der Waals surface area contributed by atoms with Crippen LogP contribution in [0.1, 0.15) is 23.3 Å². The maximum atomic E-state index is 5.90. The number of aromatic nitrogens is 2. The standard InChI is InChI=1S/C14H18ClN3O2/c1-10-17-14(20-18-10)7-8-16-13(9-19-2)11-3-5-12(15)6-4-11/h3-6,13,16H,7-9H2,1-2H3/t13-/m1/s1. The SMILES string of the molecule is COC[C@@H](NCCc1nc(C)no1)c1ccc(Cl)cc1. The predicted octanol–water partition coefficient (Wildman–Crippen LogP) is 2.55. The molecule has 1 atom stereocenters. The number of methoxy groups -OCH3 is 1. The van der Waals surface area contributed by atoms with E-state index in [-0.39, 0.29) is 6.04 Å². The molecule has 0 amide bonds. The van der Waals surface area contributed by atoms with Crippen LogP contribution < -0.4 is 5.32 Å². The van der Waals surface area contributed by atoms with Crippen LogP contribution in [0.3, 0.4) is 0 Å². The maximum Gasteiger partial charge on any atom is 0.227 e. The number of halogens is 1. The van der Waals surface area contributed by atoms with E-state index in [9.17, 15) is 0 Å². The molecule has 0 aliphatic carbocycles. The molecule has 1 heterocycles. The second-order valence-corrected chi connectivity index (χ2v) is 4.94. The molecule has 0 spiro atoms. The van der Waals surface area contributed by atoms with Crippen molar-refractivity contribution in [2.45, 2.75) is 19.4 Å². The van der Waals surface area contributed by atoms with Crippen LogP contribution in [0.25, 0.3) is 0 Å². The topological polar surface area (TPSA) is 60.2 Å². The van der Waals surface area contributed by atoms with Crippen molar-refractivity contribution in [2.24, 2.45) is 0 Å². The highest BCUT2D eigenvalue weighted by molar-refractivity contribution is 6.30. The smallest absolute Gasteiger partial charge is 0.227 e. The highest BCUT2D eigenvalue weighted by atomic mass is 35.5. The zero-order chi connectivity index (χ0) is 14.4. The molecule has 0 radical (unpaired) electrons. The summed E-state index contributed by atoms with van der Waals surface area (Å²) in [5.41, 5.74) is 1.14. The minimum Gasteiger partial charge on any atom is -0.383 e. The molecule has 1 N–H and O–H groups in total. The second-order valence-electron chi connectivity index (χ2n) is 4.50. The highest BCUT2D eigenvalue weighted by Gasteiger charge is 2.11.